The summed E-state index contributed by atoms with van der Waals surface area (Å²) in [5.74, 6) is 0.793. The van der Waals surface area contributed by atoms with Gasteiger partial charge in [0.1, 0.15) is 11.5 Å². The largest absolute Gasteiger partial charge is 0.497 e. The van der Waals surface area contributed by atoms with E-state index in [9.17, 15) is 9.59 Å². The van der Waals surface area contributed by atoms with E-state index in [-0.39, 0.29) is 5.76 Å². The quantitative estimate of drug-likeness (QED) is 0.808. The smallest absolute Gasteiger partial charge is 0.427 e. The molecule has 0 saturated carbocycles. The number of methoxy groups -OCH3 is 2. The van der Waals surface area contributed by atoms with Gasteiger partial charge < -0.3 is 14.2 Å². The summed E-state index contributed by atoms with van der Waals surface area (Å²) in [6.07, 6.45) is 0.786. The van der Waals surface area contributed by atoms with Crippen molar-refractivity contribution in [2.45, 2.75) is 0 Å². The molecule has 1 fully saturated rings. The number of carbonyl (C=O) groups is 2. The second kappa shape index (κ2) is 6.45. The minimum absolute atomic E-state index is 0.0269. The average Bonchev–Trinajstić information content (AvgIpc) is 2.89. The number of carbonyl (C=O) groups excluding carboxylic acids is 2. The molecule has 1 aliphatic heterocycles. The molecule has 0 radical (unpaired) electrons. The number of imide groups is 1. The lowest BCUT2D eigenvalue weighted by molar-refractivity contribution is -0.114. The van der Waals surface area contributed by atoms with Gasteiger partial charge in [-0.25, -0.2) is 9.69 Å². The van der Waals surface area contributed by atoms with Gasteiger partial charge in [0.15, 0.2) is 5.76 Å². The van der Waals surface area contributed by atoms with Gasteiger partial charge >= 0.3 is 12.0 Å². The standard InChI is InChI=1S/C18H15NO5/c1-22-14-7-3-12(4-8-14)11-16-17(20)19(18(21)24-16)13-5-9-15(23-2)10-6-13/h3-11H,1-2H3/b16-11+. The molecule has 3 rings (SSSR count). The summed E-state index contributed by atoms with van der Waals surface area (Å²) in [5, 5.41) is 0. The fourth-order valence-corrected chi connectivity index (χ4v) is 2.27. The van der Waals surface area contributed by atoms with Gasteiger partial charge in [0.05, 0.1) is 19.9 Å². The Morgan fingerprint density at radius 3 is 1.96 bits per heavy atom. The van der Waals surface area contributed by atoms with Crippen LogP contribution in [0.2, 0.25) is 0 Å². The predicted octanol–water partition coefficient (Wildman–Crippen LogP) is 3.23. The first-order chi connectivity index (χ1) is 11.6. The van der Waals surface area contributed by atoms with Crippen LogP contribution in [0.15, 0.2) is 54.3 Å². The molecular weight excluding hydrogens is 310 g/mol. The Kier molecular flexibility index (Phi) is 4.20. The van der Waals surface area contributed by atoms with Crippen LogP contribution >= 0.6 is 0 Å². The van der Waals surface area contributed by atoms with E-state index in [1.165, 1.54) is 6.08 Å². The molecule has 1 saturated heterocycles. The Bertz CT molecular complexity index is 793. The maximum atomic E-state index is 12.5. The number of amides is 2. The van der Waals surface area contributed by atoms with Crippen molar-refractivity contribution >= 4 is 23.8 Å². The molecule has 2 aromatic carbocycles. The Balaban J connectivity index is 1.85. The highest BCUT2D eigenvalue weighted by Gasteiger charge is 2.37. The van der Waals surface area contributed by atoms with Crippen LogP contribution in [-0.2, 0) is 9.53 Å². The minimum Gasteiger partial charge on any atom is -0.497 e. The molecule has 0 aliphatic carbocycles. The first-order valence-corrected chi connectivity index (χ1v) is 7.18. The molecule has 0 unspecified atom stereocenters. The molecule has 1 aliphatic rings. The SMILES string of the molecule is COc1ccc(/C=C2/OC(=O)N(c3ccc(OC)cc3)C2=O)cc1. The molecule has 0 aromatic heterocycles. The van der Waals surface area contributed by atoms with Crippen molar-refractivity contribution in [1.29, 1.82) is 0 Å². The lowest BCUT2D eigenvalue weighted by atomic mass is 10.2. The number of nitrogens with zero attached hydrogens (tertiary/aromatic N) is 1. The van der Waals surface area contributed by atoms with Crippen LogP contribution in [-0.4, -0.2) is 26.2 Å². The molecule has 0 N–H and O–H groups in total. The van der Waals surface area contributed by atoms with Gasteiger partial charge in [0, 0.05) is 0 Å². The minimum atomic E-state index is -0.732. The van der Waals surface area contributed by atoms with Gasteiger partial charge in [-0.05, 0) is 48.0 Å². The van der Waals surface area contributed by atoms with Gasteiger partial charge in [-0.3, -0.25) is 4.79 Å². The van der Waals surface area contributed by atoms with Crippen LogP contribution in [0.1, 0.15) is 5.56 Å². The number of hydrogen-bond donors (Lipinski definition) is 0. The number of benzene rings is 2. The molecule has 24 heavy (non-hydrogen) atoms. The Morgan fingerprint density at radius 2 is 1.42 bits per heavy atom. The zero-order chi connectivity index (χ0) is 17.1. The van der Waals surface area contributed by atoms with Crippen molar-refractivity contribution in [2.24, 2.45) is 0 Å². The molecule has 0 atom stereocenters. The van der Waals surface area contributed by atoms with Gasteiger partial charge in [-0.15, -0.1) is 0 Å². The molecule has 122 valence electrons. The molecule has 2 amide bonds. The van der Waals surface area contributed by atoms with Crippen molar-refractivity contribution in [2.75, 3.05) is 19.1 Å². The molecular formula is C18H15NO5. The van der Waals surface area contributed by atoms with Crippen LogP contribution in [0.25, 0.3) is 6.08 Å². The first kappa shape index (κ1) is 15.6. The van der Waals surface area contributed by atoms with E-state index in [4.69, 9.17) is 14.2 Å². The van der Waals surface area contributed by atoms with Gasteiger partial charge in [0.25, 0.3) is 0 Å². The molecule has 2 aromatic rings. The summed E-state index contributed by atoms with van der Waals surface area (Å²) in [4.78, 5) is 25.5. The molecule has 1 heterocycles. The zero-order valence-corrected chi connectivity index (χ0v) is 13.2. The van der Waals surface area contributed by atoms with E-state index in [1.807, 2.05) is 0 Å². The number of anilines is 1. The van der Waals surface area contributed by atoms with Crippen LogP contribution < -0.4 is 14.4 Å². The first-order valence-electron chi connectivity index (χ1n) is 7.18. The second-order valence-corrected chi connectivity index (χ2v) is 4.99. The number of rotatable bonds is 4. The molecule has 0 spiro atoms. The normalized spacial score (nSPS) is 15.6. The number of hydrogen-bond acceptors (Lipinski definition) is 5. The summed E-state index contributed by atoms with van der Waals surface area (Å²) >= 11 is 0. The summed E-state index contributed by atoms with van der Waals surface area (Å²) in [6, 6.07) is 13.6. The van der Waals surface area contributed by atoms with Crippen molar-refractivity contribution in [3.63, 3.8) is 0 Å². The lowest BCUT2D eigenvalue weighted by Crippen LogP contribution is -2.28. The van der Waals surface area contributed by atoms with Crippen LogP contribution in [0.3, 0.4) is 0 Å². The van der Waals surface area contributed by atoms with E-state index in [0.29, 0.717) is 17.2 Å². The van der Waals surface area contributed by atoms with Crippen molar-refractivity contribution < 1.29 is 23.8 Å². The fourth-order valence-electron chi connectivity index (χ4n) is 2.27. The van der Waals surface area contributed by atoms with Crippen LogP contribution in [0.5, 0.6) is 11.5 Å². The lowest BCUT2D eigenvalue weighted by Gasteiger charge is -2.10. The number of cyclic esters (lactones) is 1. The highest BCUT2D eigenvalue weighted by Crippen LogP contribution is 2.27. The average molecular weight is 325 g/mol. The van der Waals surface area contributed by atoms with E-state index in [1.54, 1.807) is 62.8 Å². The van der Waals surface area contributed by atoms with Gasteiger partial charge in [0.2, 0.25) is 0 Å². The van der Waals surface area contributed by atoms with Crippen molar-refractivity contribution in [1.82, 2.24) is 0 Å². The van der Waals surface area contributed by atoms with Gasteiger partial charge in [-0.2, -0.15) is 0 Å². The number of ether oxygens (including phenoxy) is 3. The summed E-state index contributed by atoms with van der Waals surface area (Å²) in [7, 11) is 3.11. The molecule has 6 nitrogen and oxygen atoms in total. The highest BCUT2D eigenvalue weighted by molar-refractivity contribution is 6.24. The Morgan fingerprint density at radius 1 is 0.875 bits per heavy atom. The summed E-state index contributed by atoms with van der Waals surface area (Å²) in [6.45, 7) is 0. The Hall–Kier alpha value is -3.28. The van der Waals surface area contributed by atoms with E-state index < -0.39 is 12.0 Å². The summed E-state index contributed by atoms with van der Waals surface area (Å²) in [5.41, 5.74) is 1.15. The van der Waals surface area contributed by atoms with Crippen LogP contribution in [0, 0.1) is 0 Å². The Labute approximate surface area is 138 Å². The monoisotopic (exact) mass is 325 g/mol. The van der Waals surface area contributed by atoms with E-state index >= 15 is 0 Å². The fraction of sp³-hybridized carbons (Fsp3) is 0.111. The third-order valence-electron chi connectivity index (χ3n) is 3.54. The van der Waals surface area contributed by atoms with Crippen molar-refractivity contribution in [3.05, 3.63) is 59.9 Å². The van der Waals surface area contributed by atoms with Crippen molar-refractivity contribution in [3.8, 4) is 11.5 Å². The van der Waals surface area contributed by atoms with E-state index in [0.717, 1.165) is 10.5 Å². The van der Waals surface area contributed by atoms with Gasteiger partial charge in [-0.1, -0.05) is 12.1 Å². The topological polar surface area (TPSA) is 65.1 Å². The maximum Gasteiger partial charge on any atom is 0.427 e. The maximum absolute atomic E-state index is 12.5. The molecule has 0 bridgehead atoms. The third-order valence-corrected chi connectivity index (χ3v) is 3.54. The van der Waals surface area contributed by atoms with E-state index in [2.05, 4.69) is 0 Å². The van der Waals surface area contributed by atoms with Crippen LogP contribution in [0.4, 0.5) is 10.5 Å². The molecule has 6 heteroatoms. The third kappa shape index (κ3) is 2.94. The predicted molar refractivity (Wildman–Crippen MR) is 87.9 cm³/mol. The second-order valence-electron chi connectivity index (χ2n) is 4.99. The summed E-state index contributed by atoms with van der Waals surface area (Å²) < 4.78 is 15.2. The zero-order valence-electron chi connectivity index (χ0n) is 13.2. The highest BCUT2D eigenvalue weighted by atomic mass is 16.6.